The summed E-state index contributed by atoms with van der Waals surface area (Å²) in [5.41, 5.74) is -1.39. The summed E-state index contributed by atoms with van der Waals surface area (Å²) in [6.45, 7) is 11.9. The second-order valence-electron chi connectivity index (χ2n) is 9.06. The highest BCUT2D eigenvalue weighted by molar-refractivity contribution is 5.78. The standard InChI is InChI=1S/C28H46O3/c1-7-8-9-10-11-12-13-14-15-16-17-18-19-20-21-22-23-24-25-30-28(5,6)26(29)31-27(2,3)4/h8-9,11-12,14-15,17-18,20-21H,7,10,13,16,19,22-25H2,1-6H3/b9-8-,12-11-,15-14-,18-17-,21-20-. The molecule has 0 saturated heterocycles. The van der Waals surface area contributed by atoms with E-state index in [9.17, 15) is 4.79 Å². The summed E-state index contributed by atoms with van der Waals surface area (Å²) in [7, 11) is 0. The predicted octanol–water partition coefficient (Wildman–Crippen LogP) is 8.05. The van der Waals surface area contributed by atoms with Crippen LogP contribution < -0.4 is 0 Å². The minimum atomic E-state index is -0.898. The van der Waals surface area contributed by atoms with E-state index in [0.717, 1.165) is 51.4 Å². The molecule has 0 spiro atoms. The smallest absolute Gasteiger partial charge is 0.338 e. The van der Waals surface area contributed by atoms with Gasteiger partial charge in [-0.3, -0.25) is 0 Å². The summed E-state index contributed by atoms with van der Waals surface area (Å²) in [4.78, 5) is 12.1. The zero-order chi connectivity index (χ0) is 23.4. The molecule has 0 fully saturated rings. The van der Waals surface area contributed by atoms with Gasteiger partial charge in [0.05, 0.1) is 0 Å². The minimum absolute atomic E-state index is 0.308. The Kier molecular flexibility index (Phi) is 16.7. The molecule has 0 heterocycles. The Morgan fingerprint density at radius 2 is 1.13 bits per heavy atom. The maximum atomic E-state index is 12.1. The van der Waals surface area contributed by atoms with Gasteiger partial charge in [-0.15, -0.1) is 0 Å². The van der Waals surface area contributed by atoms with Gasteiger partial charge < -0.3 is 9.47 Å². The molecule has 0 saturated carbocycles. The molecular weight excluding hydrogens is 384 g/mol. The third-order valence-corrected chi connectivity index (χ3v) is 4.28. The van der Waals surface area contributed by atoms with Gasteiger partial charge in [-0.1, -0.05) is 67.7 Å². The SMILES string of the molecule is CC/C=C\C/C=C\C/C=C\C/C=C\C/C=C\CCCCOC(C)(C)C(=O)OC(C)(C)C. The van der Waals surface area contributed by atoms with E-state index in [1.54, 1.807) is 13.8 Å². The molecule has 3 heteroatoms. The van der Waals surface area contributed by atoms with Crippen molar-refractivity contribution < 1.29 is 14.3 Å². The molecule has 0 aliphatic heterocycles. The number of carbonyl (C=O) groups excluding carboxylic acids is 1. The van der Waals surface area contributed by atoms with Crippen molar-refractivity contribution in [2.45, 2.75) is 104 Å². The molecule has 0 aliphatic rings. The van der Waals surface area contributed by atoms with Crippen LogP contribution in [0.3, 0.4) is 0 Å². The van der Waals surface area contributed by atoms with Crippen molar-refractivity contribution in [2.75, 3.05) is 6.61 Å². The van der Waals surface area contributed by atoms with Crippen molar-refractivity contribution >= 4 is 5.97 Å². The molecule has 0 aromatic carbocycles. The Hall–Kier alpha value is -1.87. The molecule has 0 aliphatic carbocycles. The molecule has 0 bridgehead atoms. The Balaban J connectivity index is 3.72. The third kappa shape index (κ3) is 19.8. The zero-order valence-corrected chi connectivity index (χ0v) is 20.9. The first-order chi connectivity index (χ1) is 14.7. The lowest BCUT2D eigenvalue weighted by Crippen LogP contribution is -2.41. The lowest BCUT2D eigenvalue weighted by Gasteiger charge is -2.28. The van der Waals surface area contributed by atoms with Gasteiger partial charge in [-0.05, 0) is 86.0 Å². The Bertz CT molecular complexity index is 598. The van der Waals surface area contributed by atoms with Crippen LogP contribution in [0.25, 0.3) is 0 Å². The van der Waals surface area contributed by atoms with E-state index in [2.05, 4.69) is 67.7 Å². The van der Waals surface area contributed by atoms with E-state index >= 15 is 0 Å². The van der Waals surface area contributed by atoms with Crippen molar-refractivity contribution in [2.24, 2.45) is 0 Å². The third-order valence-electron chi connectivity index (χ3n) is 4.28. The Morgan fingerprint density at radius 1 is 0.677 bits per heavy atom. The summed E-state index contributed by atoms with van der Waals surface area (Å²) in [5, 5.41) is 0. The summed E-state index contributed by atoms with van der Waals surface area (Å²) in [6, 6.07) is 0. The van der Waals surface area contributed by atoms with Crippen LogP contribution in [0.4, 0.5) is 0 Å². The Labute approximate surface area is 192 Å². The van der Waals surface area contributed by atoms with Gasteiger partial charge in [0.2, 0.25) is 0 Å². The maximum Gasteiger partial charge on any atom is 0.338 e. The van der Waals surface area contributed by atoms with Crippen molar-refractivity contribution in [3.05, 3.63) is 60.8 Å². The first kappa shape index (κ1) is 29.1. The highest BCUT2D eigenvalue weighted by Crippen LogP contribution is 2.18. The molecule has 0 N–H and O–H groups in total. The first-order valence-corrected chi connectivity index (χ1v) is 11.8. The summed E-state index contributed by atoms with van der Waals surface area (Å²) < 4.78 is 11.1. The van der Waals surface area contributed by atoms with E-state index in [1.807, 2.05) is 20.8 Å². The molecule has 176 valence electrons. The molecule has 0 unspecified atom stereocenters. The fraction of sp³-hybridized carbons (Fsp3) is 0.607. The van der Waals surface area contributed by atoms with Gasteiger partial charge in [0.15, 0.2) is 5.60 Å². The van der Waals surface area contributed by atoms with Gasteiger partial charge in [-0.25, -0.2) is 4.79 Å². The molecule has 0 atom stereocenters. The average molecular weight is 431 g/mol. The number of hydrogen-bond donors (Lipinski definition) is 0. The molecule has 0 aromatic heterocycles. The van der Waals surface area contributed by atoms with Gasteiger partial charge in [0, 0.05) is 6.61 Å². The number of hydrogen-bond acceptors (Lipinski definition) is 3. The van der Waals surface area contributed by atoms with Crippen LogP contribution in [-0.2, 0) is 14.3 Å². The second-order valence-corrected chi connectivity index (χ2v) is 9.06. The van der Waals surface area contributed by atoms with E-state index in [1.165, 1.54) is 0 Å². The molecule has 0 aromatic rings. The van der Waals surface area contributed by atoms with Crippen LogP contribution in [0, 0.1) is 0 Å². The molecule has 31 heavy (non-hydrogen) atoms. The lowest BCUT2D eigenvalue weighted by molar-refractivity contribution is -0.179. The van der Waals surface area contributed by atoms with Crippen molar-refractivity contribution in [1.29, 1.82) is 0 Å². The van der Waals surface area contributed by atoms with Gasteiger partial charge in [0.1, 0.15) is 5.60 Å². The molecule has 0 amide bonds. The number of carbonyl (C=O) groups is 1. The number of esters is 1. The van der Waals surface area contributed by atoms with Gasteiger partial charge in [-0.2, -0.15) is 0 Å². The van der Waals surface area contributed by atoms with Gasteiger partial charge in [0.25, 0.3) is 0 Å². The van der Waals surface area contributed by atoms with E-state index in [0.29, 0.717) is 6.61 Å². The summed E-state index contributed by atoms with van der Waals surface area (Å²) in [6.07, 6.45) is 30.2. The van der Waals surface area contributed by atoms with E-state index in [4.69, 9.17) is 9.47 Å². The average Bonchev–Trinajstić information content (AvgIpc) is 2.68. The molecule has 3 nitrogen and oxygen atoms in total. The quantitative estimate of drug-likeness (QED) is 0.141. The number of rotatable bonds is 16. The number of ether oxygens (including phenoxy) is 2. The summed E-state index contributed by atoms with van der Waals surface area (Å²) >= 11 is 0. The van der Waals surface area contributed by atoms with Crippen LogP contribution in [0.1, 0.15) is 92.9 Å². The van der Waals surface area contributed by atoms with Crippen LogP contribution in [0.15, 0.2) is 60.8 Å². The molecule has 0 rings (SSSR count). The normalized spacial score (nSPS) is 13.6. The largest absolute Gasteiger partial charge is 0.458 e. The van der Waals surface area contributed by atoms with E-state index < -0.39 is 11.2 Å². The van der Waals surface area contributed by atoms with Crippen molar-refractivity contribution in [3.8, 4) is 0 Å². The van der Waals surface area contributed by atoms with Crippen LogP contribution in [0.2, 0.25) is 0 Å². The van der Waals surface area contributed by atoms with Crippen molar-refractivity contribution in [1.82, 2.24) is 0 Å². The monoisotopic (exact) mass is 430 g/mol. The highest BCUT2D eigenvalue weighted by Gasteiger charge is 2.33. The van der Waals surface area contributed by atoms with Crippen LogP contribution in [0.5, 0.6) is 0 Å². The van der Waals surface area contributed by atoms with E-state index in [-0.39, 0.29) is 5.97 Å². The summed E-state index contributed by atoms with van der Waals surface area (Å²) in [5.74, 6) is -0.308. The fourth-order valence-electron chi connectivity index (χ4n) is 2.52. The van der Waals surface area contributed by atoms with Crippen molar-refractivity contribution in [3.63, 3.8) is 0 Å². The lowest BCUT2D eigenvalue weighted by atomic mass is 10.1. The van der Waals surface area contributed by atoms with Gasteiger partial charge >= 0.3 is 5.97 Å². The highest BCUT2D eigenvalue weighted by atomic mass is 16.6. The second kappa shape index (κ2) is 17.8. The minimum Gasteiger partial charge on any atom is -0.458 e. The number of allylic oxidation sites excluding steroid dienone is 10. The number of unbranched alkanes of at least 4 members (excludes halogenated alkanes) is 2. The fourth-order valence-corrected chi connectivity index (χ4v) is 2.52. The zero-order valence-electron chi connectivity index (χ0n) is 20.9. The predicted molar refractivity (Wildman–Crippen MR) is 134 cm³/mol. The Morgan fingerprint density at radius 3 is 1.58 bits per heavy atom. The van der Waals surface area contributed by atoms with Crippen LogP contribution >= 0.6 is 0 Å². The first-order valence-electron chi connectivity index (χ1n) is 11.8. The maximum absolute atomic E-state index is 12.1. The molecule has 0 radical (unpaired) electrons. The molecular formula is C28H46O3. The topological polar surface area (TPSA) is 35.5 Å². The van der Waals surface area contributed by atoms with Crippen LogP contribution in [-0.4, -0.2) is 23.8 Å².